The molecule has 0 radical (unpaired) electrons. The number of hydrogen-bond acceptors (Lipinski definition) is 3. The fraction of sp³-hybridized carbons (Fsp3) is 0.250. The van der Waals surface area contributed by atoms with Crippen molar-refractivity contribution in [2.45, 2.75) is 20.3 Å². The Balaban J connectivity index is 1.92. The minimum atomic E-state index is -1.30. The fourth-order valence-electron chi connectivity index (χ4n) is 2.25. The first-order valence-corrected chi connectivity index (χ1v) is 8.18. The van der Waals surface area contributed by atoms with Crippen LogP contribution in [-0.2, 0) is 16.0 Å². The van der Waals surface area contributed by atoms with E-state index in [2.05, 4.69) is 10.6 Å². The summed E-state index contributed by atoms with van der Waals surface area (Å²) in [6.45, 7) is 3.27. The molecular weight excluding hydrogens is 333 g/mol. The molecule has 0 spiro atoms. The van der Waals surface area contributed by atoms with Gasteiger partial charge in [-0.05, 0) is 56.2 Å². The van der Waals surface area contributed by atoms with Crippen molar-refractivity contribution < 1.29 is 14.0 Å². The summed E-state index contributed by atoms with van der Waals surface area (Å²) >= 11 is 0. The number of hydrogen-bond donors (Lipinski definition) is 2. The summed E-state index contributed by atoms with van der Waals surface area (Å²) in [4.78, 5) is 24.8. The minimum absolute atomic E-state index is 0.230. The lowest BCUT2D eigenvalue weighted by molar-refractivity contribution is -0.138. The number of benzene rings is 2. The highest BCUT2D eigenvalue weighted by Crippen LogP contribution is 2.19. The van der Waals surface area contributed by atoms with Gasteiger partial charge in [-0.1, -0.05) is 18.2 Å². The summed E-state index contributed by atoms with van der Waals surface area (Å²) < 4.78 is 13.6. The van der Waals surface area contributed by atoms with Crippen LogP contribution in [0.5, 0.6) is 0 Å². The number of carbonyl (C=O) groups excluding carboxylic acids is 2. The molecule has 0 saturated heterocycles. The molecule has 0 aliphatic heterocycles. The molecule has 0 unspecified atom stereocenters. The minimum Gasteiger partial charge on any atom is -0.355 e. The van der Waals surface area contributed by atoms with Gasteiger partial charge in [0.25, 0.3) is 0 Å². The maximum atomic E-state index is 13.6. The van der Waals surface area contributed by atoms with Crippen LogP contribution in [0.2, 0.25) is 0 Å². The third kappa shape index (κ3) is 4.67. The Hall–Kier alpha value is -3.20. The zero-order valence-corrected chi connectivity index (χ0v) is 14.7. The van der Waals surface area contributed by atoms with E-state index in [0.29, 0.717) is 23.2 Å². The van der Waals surface area contributed by atoms with Gasteiger partial charge in [0, 0.05) is 12.2 Å². The average Bonchev–Trinajstić information content (AvgIpc) is 2.63. The Morgan fingerprint density at radius 2 is 1.73 bits per heavy atom. The number of nitrogens with one attached hydrogen (secondary N) is 2. The van der Waals surface area contributed by atoms with Crippen molar-refractivity contribution in [3.8, 4) is 6.07 Å². The maximum absolute atomic E-state index is 13.6. The predicted molar refractivity (Wildman–Crippen MR) is 96.7 cm³/mol. The first-order chi connectivity index (χ1) is 12.3. The van der Waals surface area contributed by atoms with E-state index >= 15 is 0 Å². The topological polar surface area (TPSA) is 82.0 Å². The highest BCUT2D eigenvalue weighted by atomic mass is 19.1. The van der Waals surface area contributed by atoms with Crippen LogP contribution < -0.4 is 10.6 Å². The number of carbonyl (C=O) groups is 2. The van der Waals surface area contributed by atoms with Crippen molar-refractivity contribution in [2.75, 3.05) is 11.9 Å². The largest absolute Gasteiger partial charge is 0.355 e. The summed E-state index contributed by atoms with van der Waals surface area (Å²) in [5.74, 6) is -1.23. The Kier molecular flexibility index (Phi) is 6.07. The van der Waals surface area contributed by atoms with Gasteiger partial charge < -0.3 is 10.6 Å². The van der Waals surface area contributed by atoms with Crippen molar-refractivity contribution in [3.05, 3.63) is 65.5 Å². The molecule has 134 valence electrons. The average molecular weight is 353 g/mol. The van der Waals surface area contributed by atoms with Crippen molar-refractivity contribution in [2.24, 2.45) is 5.41 Å². The van der Waals surface area contributed by atoms with Crippen molar-refractivity contribution in [1.29, 1.82) is 5.26 Å². The van der Waals surface area contributed by atoms with E-state index in [0.717, 1.165) is 0 Å². The predicted octanol–water partition coefficient (Wildman–Crippen LogP) is 3.02. The van der Waals surface area contributed by atoms with E-state index in [1.54, 1.807) is 42.5 Å². The van der Waals surface area contributed by atoms with E-state index in [-0.39, 0.29) is 12.4 Å². The van der Waals surface area contributed by atoms with Crippen molar-refractivity contribution in [1.82, 2.24) is 5.32 Å². The van der Waals surface area contributed by atoms with Crippen LogP contribution in [0, 0.1) is 22.6 Å². The number of anilines is 1. The van der Waals surface area contributed by atoms with Gasteiger partial charge in [-0.15, -0.1) is 0 Å². The summed E-state index contributed by atoms with van der Waals surface area (Å²) in [7, 11) is 0. The smallest absolute Gasteiger partial charge is 0.239 e. The van der Waals surface area contributed by atoms with Gasteiger partial charge in [0.1, 0.15) is 11.2 Å². The Morgan fingerprint density at radius 1 is 1.08 bits per heavy atom. The highest BCUT2D eigenvalue weighted by Gasteiger charge is 2.35. The van der Waals surface area contributed by atoms with Gasteiger partial charge in [-0.2, -0.15) is 5.26 Å². The second kappa shape index (κ2) is 8.26. The van der Waals surface area contributed by atoms with Crippen LogP contribution in [0.25, 0.3) is 0 Å². The third-order valence-electron chi connectivity index (χ3n) is 4.04. The molecular formula is C20H20FN3O2. The SMILES string of the molecule is CC(C)(C(=O)NCCc1ccccc1F)C(=O)Nc1ccc(C#N)cc1. The molecule has 26 heavy (non-hydrogen) atoms. The molecule has 0 bridgehead atoms. The van der Waals surface area contributed by atoms with Gasteiger partial charge in [0.05, 0.1) is 11.6 Å². The third-order valence-corrected chi connectivity index (χ3v) is 4.04. The summed E-state index contributed by atoms with van der Waals surface area (Å²) in [6.07, 6.45) is 0.339. The molecule has 0 atom stereocenters. The van der Waals surface area contributed by atoms with Crippen LogP contribution in [0.15, 0.2) is 48.5 Å². The molecule has 2 aromatic carbocycles. The lowest BCUT2D eigenvalue weighted by Crippen LogP contribution is -2.45. The number of halogens is 1. The molecule has 0 aliphatic carbocycles. The van der Waals surface area contributed by atoms with Crippen molar-refractivity contribution in [3.63, 3.8) is 0 Å². The molecule has 0 heterocycles. The van der Waals surface area contributed by atoms with Crippen LogP contribution in [0.1, 0.15) is 25.0 Å². The number of rotatable bonds is 6. The van der Waals surface area contributed by atoms with Gasteiger partial charge >= 0.3 is 0 Å². The Labute approximate surface area is 151 Å². The highest BCUT2D eigenvalue weighted by molar-refractivity contribution is 6.09. The molecule has 2 rings (SSSR count). The van der Waals surface area contributed by atoms with E-state index in [4.69, 9.17) is 5.26 Å². The van der Waals surface area contributed by atoms with Crippen LogP contribution in [-0.4, -0.2) is 18.4 Å². The van der Waals surface area contributed by atoms with Gasteiger partial charge in [0.2, 0.25) is 11.8 Å². The number of nitriles is 1. The van der Waals surface area contributed by atoms with Gasteiger partial charge in [-0.3, -0.25) is 9.59 Å². The lowest BCUT2D eigenvalue weighted by atomic mass is 9.90. The summed E-state index contributed by atoms with van der Waals surface area (Å²) in [6, 6.07) is 14.7. The van der Waals surface area contributed by atoms with Gasteiger partial charge in [0.15, 0.2) is 0 Å². The summed E-state index contributed by atoms with van der Waals surface area (Å²) in [5.41, 5.74) is 0.186. The van der Waals surface area contributed by atoms with E-state index in [1.807, 2.05) is 6.07 Å². The van der Waals surface area contributed by atoms with Crippen LogP contribution >= 0.6 is 0 Å². The lowest BCUT2D eigenvalue weighted by Gasteiger charge is -2.22. The molecule has 0 fully saturated rings. The van der Waals surface area contributed by atoms with Crippen LogP contribution in [0.4, 0.5) is 10.1 Å². The second-order valence-corrected chi connectivity index (χ2v) is 6.37. The standard InChI is InChI=1S/C20H20FN3O2/c1-20(2,19(26)24-16-9-7-14(13-22)8-10-16)18(25)23-12-11-15-5-3-4-6-17(15)21/h3-10H,11-12H2,1-2H3,(H,23,25)(H,24,26). The molecule has 2 aromatic rings. The normalized spacial score (nSPS) is 10.7. The molecule has 2 amide bonds. The van der Waals surface area contributed by atoms with Gasteiger partial charge in [-0.25, -0.2) is 4.39 Å². The number of amides is 2. The molecule has 6 heteroatoms. The first kappa shape index (κ1) is 19.1. The fourth-order valence-corrected chi connectivity index (χ4v) is 2.25. The monoisotopic (exact) mass is 353 g/mol. The van der Waals surface area contributed by atoms with E-state index in [9.17, 15) is 14.0 Å². The molecule has 5 nitrogen and oxygen atoms in total. The summed E-state index contributed by atoms with van der Waals surface area (Å²) in [5, 5.41) is 14.1. The van der Waals surface area contributed by atoms with Crippen molar-refractivity contribution >= 4 is 17.5 Å². The quantitative estimate of drug-likeness (QED) is 0.783. The molecule has 2 N–H and O–H groups in total. The van der Waals surface area contributed by atoms with Crippen LogP contribution in [0.3, 0.4) is 0 Å². The molecule has 0 aromatic heterocycles. The van der Waals surface area contributed by atoms with E-state index < -0.39 is 17.2 Å². The molecule has 0 aliphatic rings. The zero-order valence-electron chi connectivity index (χ0n) is 14.7. The Bertz CT molecular complexity index is 839. The first-order valence-electron chi connectivity index (χ1n) is 8.18. The second-order valence-electron chi connectivity index (χ2n) is 6.37. The molecule has 0 saturated carbocycles. The number of nitrogens with zero attached hydrogens (tertiary/aromatic N) is 1. The zero-order chi connectivity index (χ0) is 19.2. The maximum Gasteiger partial charge on any atom is 0.239 e. The van der Waals surface area contributed by atoms with E-state index in [1.165, 1.54) is 19.9 Å². The Morgan fingerprint density at radius 3 is 2.35 bits per heavy atom.